The second-order valence-corrected chi connectivity index (χ2v) is 18.5. The van der Waals surface area contributed by atoms with Crippen molar-refractivity contribution in [3.05, 3.63) is 59.0 Å². The lowest BCUT2D eigenvalue weighted by Gasteiger charge is -2.42. The van der Waals surface area contributed by atoms with Crippen LogP contribution in [0.25, 0.3) is 0 Å². The highest BCUT2D eigenvalue weighted by Gasteiger charge is 2.49. The lowest BCUT2D eigenvalue weighted by Crippen LogP contribution is -2.54. The van der Waals surface area contributed by atoms with Gasteiger partial charge in [0.1, 0.15) is 23.3 Å². The Balaban J connectivity index is 0.734. The fraction of sp³-hybridized carbons (Fsp3) is 0.532. The number of rotatable bonds is 13. The van der Waals surface area contributed by atoms with E-state index in [1.165, 1.54) is 31.3 Å². The normalized spacial score (nSPS) is 23.6. The van der Waals surface area contributed by atoms with E-state index in [2.05, 4.69) is 41.0 Å². The van der Waals surface area contributed by atoms with Crippen molar-refractivity contribution in [2.45, 2.75) is 101 Å². The monoisotopic (exact) mass is 943 g/mol. The van der Waals surface area contributed by atoms with Crippen molar-refractivity contribution in [3.8, 4) is 5.75 Å². The number of halogens is 3. The van der Waals surface area contributed by atoms with Gasteiger partial charge in [0.25, 0.3) is 23.6 Å². The number of alkyl halides is 2. The predicted molar refractivity (Wildman–Crippen MR) is 244 cm³/mol. The fourth-order valence-electron chi connectivity index (χ4n) is 10.6. The zero-order valence-corrected chi connectivity index (χ0v) is 38.1. The van der Waals surface area contributed by atoms with Crippen molar-refractivity contribution >= 4 is 64.3 Å². The van der Waals surface area contributed by atoms with E-state index in [-0.39, 0.29) is 70.5 Å². The van der Waals surface area contributed by atoms with Gasteiger partial charge >= 0.3 is 5.92 Å². The van der Waals surface area contributed by atoms with E-state index in [0.29, 0.717) is 31.1 Å². The van der Waals surface area contributed by atoms with Crippen LogP contribution in [0, 0.1) is 5.82 Å². The molecule has 5 heterocycles. The molecule has 0 bridgehead atoms. The van der Waals surface area contributed by atoms with Gasteiger partial charge in [0.2, 0.25) is 17.8 Å². The van der Waals surface area contributed by atoms with Crippen molar-refractivity contribution in [2.24, 2.45) is 0 Å². The molecule has 1 atom stereocenters. The quantitative estimate of drug-likeness (QED) is 0.140. The number of piperazine rings is 1. The second kappa shape index (κ2) is 19.3. The Kier molecular flexibility index (Phi) is 13.3. The molecule has 9 rings (SSSR count). The van der Waals surface area contributed by atoms with Crippen LogP contribution >= 0.6 is 0 Å². The summed E-state index contributed by atoms with van der Waals surface area (Å²) in [6.07, 6.45) is 8.61. The fourth-order valence-corrected chi connectivity index (χ4v) is 10.6. The van der Waals surface area contributed by atoms with Gasteiger partial charge in [-0.15, -0.1) is 0 Å². The molecule has 18 nitrogen and oxygen atoms in total. The minimum absolute atomic E-state index is 0.0197. The number of imide groups is 2. The number of hydrogen-bond acceptors (Lipinski definition) is 14. The minimum atomic E-state index is -3.63. The van der Waals surface area contributed by atoms with Crippen LogP contribution in [0.4, 0.5) is 42.0 Å². The van der Waals surface area contributed by atoms with Crippen molar-refractivity contribution in [1.29, 1.82) is 0 Å². The Morgan fingerprint density at radius 1 is 0.926 bits per heavy atom. The van der Waals surface area contributed by atoms with Crippen molar-refractivity contribution in [2.75, 3.05) is 80.4 Å². The first kappa shape index (κ1) is 46.7. The van der Waals surface area contributed by atoms with Crippen molar-refractivity contribution in [3.63, 3.8) is 0 Å². The molecule has 4 N–H and O–H groups in total. The molecule has 2 saturated heterocycles. The minimum Gasteiger partial charge on any atom is -0.495 e. The highest BCUT2D eigenvalue weighted by molar-refractivity contribution is 6.25. The third-order valence-electron chi connectivity index (χ3n) is 14.3. The Hall–Kier alpha value is -6.35. The lowest BCUT2D eigenvalue weighted by molar-refractivity contribution is -0.140. The largest absolute Gasteiger partial charge is 0.495 e. The molecule has 0 radical (unpaired) electrons. The first-order chi connectivity index (χ1) is 32.7. The second-order valence-electron chi connectivity index (χ2n) is 18.5. The third-order valence-corrected chi connectivity index (χ3v) is 14.3. The summed E-state index contributed by atoms with van der Waals surface area (Å²) in [5.74, 6) is -8.17. The summed E-state index contributed by atoms with van der Waals surface area (Å²) >= 11 is 0. The molecule has 21 heteroatoms. The van der Waals surface area contributed by atoms with Gasteiger partial charge in [-0.05, 0) is 76.1 Å². The van der Waals surface area contributed by atoms with E-state index in [4.69, 9.17) is 4.74 Å². The molecule has 4 fully saturated rings. The number of anilines is 5. The zero-order valence-electron chi connectivity index (χ0n) is 38.1. The van der Waals surface area contributed by atoms with Crippen LogP contribution in [-0.4, -0.2) is 150 Å². The van der Waals surface area contributed by atoms with Gasteiger partial charge in [-0.3, -0.25) is 43.9 Å². The lowest BCUT2D eigenvalue weighted by atomic mass is 9.89. The third kappa shape index (κ3) is 9.29. The van der Waals surface area contributed by atoms with Crippen LogP contribution in [0.2, 0.25) is 0 Å². The van der Waals surface area contributed by atoms with Crippen LogP contribution < -0.4 is 35.8 Å². The summed E-state index contributed by atoms with van der Waals surface area (Å²) < 4.78 is 51.4. The molecule has 362 valence electrons. The molecule has 4 aliphatic heterocycles. The van der Waals surface area contributed by atoms with E-state index in [0.717, 1.165) is 93.5 Å². The molecule has 2 aromatic carbocycles. The van der Waals surface area contributed by atoms with Gasteiger partial charge in [-0.2, -0.15) is 13.8 Å². The number of amides is 6. The summed E-state index contributed by atoms with van der Waals surface area (Å²) in [5, 5.41) is 11.5. The first-order valence-corrected chi connectivity index (χ1v) is 23.5. The molecule has 1 unspecified atom stereocenters. The molecular weight excluding hydrogens is 888 g/mol. The Labute approximate surface area is 391 Å². The van der Waals surface area contributed by atoms with E-state index in [1.807, 2.05) is 0 Å². The number of ether oxygens (including phenoxy) is 1. The Morgan fingerprint density at radius 2 is 1.68 bits per heavy atom. The Morgan fingerprint density at radius 3 is 2.40 bits per heavy atom. The highest BCUT2D eigenvalue weighted by Crippen LogP contribution is 2.41. The zero-order chi connectivity index (χ0) is 47.9. The number of nitrogens with zero attached hydrogens (tertiary/aromatic N) is 7. The maximum Gasteiger partial charge on any atom is 0.342 e. The average molecular weight is 944 g/mol. The highest BCUT2D eigenvalue weighted by atomic mass is 19.3. The predicted octanol–water partition coefficient (Wildman–Crippen LogP) is 4.29. The number of fused-ring (bicyclic) bond motifs is 2. The van der Waals surface area contributed by atoms with Gasteiger partial charge in [-0.25, -0.2) is 9.37 Å². The van der Waals surface area contributed by atoms with Crippen LogP contribution in [0.5, 0.6) is 5.75 Å². The molecule has 6 amide bonds. The number of hydrogen-bond donors (Lipinski definition) is 4. The smallest absolute Gasteiger partial charge is 0.342 e. The number of carbonyl (C=O) groups excluding carboxylic acids is 6. The van der Waals surface area contributed by atoms with Crippen LogP contribution in [0.15, 0.2) is 36.5 Å². The molecular formula is C47H56F3N11O7. The number of aromatic nitrogens is 2. The summed E-state index contributed by atoms with van der Waals surface area (Å²) in [7, 11) is 2.65. The SMILES string of the molecule is COc1cc(C(=O)N[C@H]2CC[C@H](N3CCN(CCCNc4cccc5c4C(=O)N(C4CCC(=O)NC4=O)C5=O)CC3)CC2)c(F)cc1Nc1ncc2c(n1)N(C1CCCC1)CC(F)(F)C(=O)N2C. The van der Waals surface area contributed by atoms with Crippen LogP contribution in [0.3, 0.4) is 0 Å². The van der Waals surface area contributed by atoms with Gasteiger partial charge in [0, 0.05) is 76.1 Å². The standard InChI is InChI=1S/C47H56F3N11O7/c1-57-36-25-52-46(56-40(36)60(29-7-3-4-8-29)26-47(49,50)45(57)67)54-34-24-32(48)31(23-37(34)68-2)41(63)53-27-11-13-28(14-12-27)59-21-19-58(20-22-59)18-6-17-51-33-10-5-9-30-39(33)44(66)61(43(30)65)35-15-16-38(62)55-42(35)64/h5,9-10,23-25,27-29,35,51H,3-4,6-8,11-22,26H2,1-2H3,(H,53,63)(H,52,54,56)(H,55,62,64)/t27-,28-,35?. The van der Waals surface area contributed by atoms with Crippen molar-refractivity contribution < 1.29 is 46.7 Å². The maximum absolute atomic E-state index is 15.7. The van der Waals surface area contributed by atoms with E-state index >= 15 is 13.2 Å². The number of benzene rings is 2. The van der Waals surface area contributed by atoms with Gasteiger partial charge in [-0.1, -0.05) is 18.9 Å². The summed E-state index contributed by atoms with van der Waals surface area (Å²) in [6.45, 7) is 4.19. The molecule has 2 saturated carbocycles. The summed E-state index contributed by atoms with van der Waals surface area (Å²) in [4.78, 5) is 94.0. The van der Waals surface area contributed by atoms with Gasteiger partial charge in [0.05, 0.1) is 42.2 Å². The summed E-state index contributed by atoms with van der Waals surface area (Å²) in [6, 6.07) is 6.45. The average Bonchev–Trinajstić information content (AvgIpc) is 3.94. The topological polar surface area (TPSA) is 202 Å². The number of piperidine rings is 1. The van der Waals surface area contributed by atoms with Gasteiger partial charge < -0.3 is 35.4 Å². The molecule has 3 aromatic rings. The summed E-state index contributed by atoms with van der Waals surface area (Å²) in [5.41, 5.74) is 1.11. The molecule has 68 heavy (non-hydrogen) atoms. The van der Waals surface area contributed by atoms with Crippen LogP contribution in [0.1, 0.15) is 102 Å². The number of carbonyl (C=O) groups is 6. The van der Waals surface area contributed by atoms with Gasteiger partial charge in [0.15, 0.2) is 5.82 Å². The molecule has 2 aliphatic carbocycles. The van der Waals surface area contributed by atoms with Crippen molar-refractivity contribution in [1.82, 2.24) is 35.3 Å². The van der Waals surface area contributed by atoms with E-state index in [1.54, 1.807) is 18.2 Å². The molecule has 0 spiro atoms. The van der Waals surface area contributed by atoms with E-state index < -0.39 is 59.8 Å². The maximum atomic E-state index is 15.7. The molecule has 1 aromatic heterocycles. The number of nitrogens with one attached hydrogen (secondary N) is 4. The Bertz CT molecular complexity index is 2490. The number of methoxy groups -OCH3 is 1. The first-order valence-electron chi connectivity index (χ1n) is 23.5. The molecule has 6 aliphatic rings. The van der Waals surface area contributed by atoms with Crippen LogP contribution in [-0.2, 0) is 14.4 Å². The van der Waals surface area contributed by atoms with E-state index in [9.17, 15) is 28.8 Å².